The van der Waals surface area contributed by atoms with Crippen molar-refractivity contribution < 1.29 is 5.21 Å². The maximum atomic E-state index is 8.62. The molecule has 1 heterocycles. The van der Waals surface area contributed by atoms with Crippen LogP contribution in [-0.2, 0) is 0 Å². The molecule has 0 aliphatic rings. The van der Waals surface area contributed by atoms with Crippen LogP contribution in [0.1, 0.15) is 17.5 Å². The van der Waals surface area contributed by atoms with Gasteiger partial charge in [-0.25, -0.2) is 4.98 Å². The van der Waals surface area contributed by atoms with Crippen LogP contribution in [0.25, 0.3) is 10.2 Å². The molecular weight excluding hydrogens is 196 g/mol. The van der Waals surface area contributed by atoms with Crippen LogP contribution in [0.15, 0.2) is 23.4 Å². The molecular formula is C10H10N2OS. The van der Waals surface area contributed by atoms with Crippen LogP contribution in [0.2, 0.25) is 0 Å². The highest BCUT2D eigenvalue weighted by atomic mass is 32.1. The predicted molar refractivity (Wildman–Crippen MR) is 58.4 cm³/mol. The molecule has 0 atom stereocenters. The standard InChI is InChI=1S/C10H10N2OS/c1-6-3-4-9-8(5-6)11-10(14-9)7(2)12-13/h3-5,13H,1-2H3. The first-order valence-electron chi connectivity index (χ1n) is 4.27. The third kappa shape index (κ3) is 1.48. The second-order valence-electron chi connectivity index (χ2n) is 3.18. The Morgan fingerprint density at radius 3 is 3.00 bits per heavy atom. The van der Waals surface area contributed by atoms with Crippen LogP contribution >= 0.6 is 11.3 Å². The van der Waals surface area contributed by atoms with E-state index in [0.717, 1.165) is 15.2 Å². The van der Waals surface area contributed by atoms with E-state index in [2.05, 4.69) is 16.2 Å². The van der Waals surface area contributed by atoms with Gasteiger partial charge in [0.1, 0.15) is 10.7 Å². The minimum Gasteiger partial charge on any atom is -0.411 e. The molecule has 0 fully saturated rings. The Hall–Kier alpha value is -1.42. The van der Waals surface area contributed by atoms with Gasteiger partial charge in [-0.2, -0.15) is 0 Å². The van der Waals surface area contributed by atoms with Gasteiger partial charge in [0.15, 0.2) is 0 Å². The van der Waals surface area contributed by atoms with Crippen molar-refractivity contribution in [3.05, 3.63) is 28.8 Å². The molecule has 1 aromatic heterocycles. The van der Waals surface area contributed by atoms with Crippen LogP contribution in [0.4, 0.5) is 0 Å². The molecule has 0 amide bonds. The molecule has 0 aliphatic carbocycles. The van der Waals surface area contributed by atoms with Crippen LogP contribution in [0, 0.1) is 6.92 Å². The normalized spacial score (nSPS) is 12.3. The van der Waals surface area contributed by atoms with E-state index in [-0.39, 0.29) is 0 Å². The summed E-state index contributed by atoms with van der Waals surface area (Å²) in [5.41, 5.74) is 2.71. The topological polar surface area (TPSA) is 45.5 Å². The zero-order chi connectivity index (χ0) is 10.1. The molecule has 0 saturated carbocycles. The molecule has 72 valence electrons. The lowest BCUT2D eigenvalue weighted by molar-refractivity contribution is 0.319. The number of hydrogen-bond acceptors (Lipinski definition) is 4. The number of hydrogen-bond donors (Lipinski definition) is 1. The predicted octanol–water partition coefficient (Wildman–Crippen LogP) is 2.80. The first-order valence-corrected chi connectivity index (χ1v) is 5.08. The second-order valence-corrected chi connectivity index (χ2v) is 4.21. The number of nitrogens with zero attached hydrogens (tertiary/aromatic N) is 2. The molecule has 0 radical (unpaired) electrons. The number of aromatic nitrogens is 1. The summed E-state index contributed by atoms with van der Waals surface area (Å²) in [4.78, 5) is 4.37. The van der Waals surface area contributed by atoms with E-state index < -0.39 is 0 Å². The summed E-state index contributed by atoms with van der Waals surface area (Å²) >= 11 is 1.54. The molecule has 4 heteroatoms. The molecule has 2 rings (SSSR count). The number of benzene rings is 1. The van der Waals surface area contributed by atoms with Crippen molar-refractivity contribution in [1.29, 1.82) is 0 Å². The van der Waals surface area contributed by atoms with E-state index in [9.17, 15) is 0 Å². The minimum absolute atomic E-state index is 0.559. The van der Waals surface area contributed by atoms with Crippen molar-refractivity contribution in [2.24, 2.45) is 5.16 Å². The maximum absolute atomic E-state index is 8.62. The zero-order valence-electron chi connectivity index (χ0n) is 7.98. The second kappa shape index (κ2) is 3.38. The lowest BCUT2D eigenvalue weighted by atomic mass is 10.2. The first kappa shape index (κ1) is 9.15. The Morgan fingerprint density at radius 1 is 1.50 bits per heavy atom. The van der Waals surface area contributed by atoms with Gasteiger partial charge in [0, 0.05) is 0 Å². The lowest BCUT2D eigenvalue weighted by Gasteiger charge is -1.88. The Labute approximate surface area is 85.7 Å². The first-order chi connectivity index (χ1) is 6.70. The summed E-state index contributed by atoms with van der Waals surface area (Å²) in [6.07, 6.45) is 0. The number of fused-ring (bicyclic) bond motifs is 1. The summed E-state index contributed by atoms with van der Waals surface area (Å²) in [5.74, 6) is 0. The van der Waals surface area contributed by atoms with Crippen LogP contribution in [-0.4, -0.2) is 15.9 Å². The molecule has 14 heavy (non-hydrogen) atoms. The summed E-state index contributed by atoms with van der Waals surface area (Å²) in [5, 5.41) is 12.5. The average Bonchev–Trinajstić information content (AvgIpc) is 2.59. The summed E-state index contributed by atoms with van der Waals surface area (Å²) in [6, 6.07) is 6.12. The minimum atomic E-state index is 0.559. The highest BCUT2D eigenvalue weighted by Gasteiger charge is 2.06. The van der Waals surface area contributed by atoms with Gasteiger partial charge in [0.2, 0.25) is 0 Å². The number of aryl methyl sites for hydroxylation is 1. The van der Waals surface area contributed by atoms with E-state index in [1.54, 1.807) is 6.92 Å². The molecule has 1 N–H and O–H groups in total. The van der Waals surface area contributed by atoms with Crippen LogP contribution in [0.3, 0.4) is 0 Å². The Balaban J connectivity index is 2.62. The molecule has 0 spiro atoms. The van der Waals surface area contributed by atoms with Crippen molar-refractivity contribution in [2.45, 2.75) is 13.8 Å². The van der Waals surface area contributed by atoms with Gasteiger partial charge in [-0.15, -0.1) is 11.3 Å². The number of rotatable bonds is 1. The van der Waals surface area contributed by atoms with Gasteiger partial charge < -0.3 is 5.21 Å². The maximum Gasteiger partial charge on any atom is 0.142 e. The largest absolute Gasteiger partial charge is 0.411 e. The third-order valence-electron chi connectivity index (χ3n) is 2.00. The SMILES string of the molecule is CC(=NO)c1nc2cc(C)ccc2s1. The lowest BCUT2D eigenvalue weighted by Crippen LogP contribution is -1.91. The van der Waals surface area contributed by atoms with Gasteiger partial charge in [0.25, 0.3) is 0 Å². The monoisotopic (exact) mass is 206 g/mol. The van der Waals surface area contributed by atoms with E-state index in [4.69, 9.17) is 5.21 Å². The van der Waals surface area contributed by atoms with Crippen molar-refractivity contribution in [3.8, 4) is 0 Å². The van der Waals surface area contributed by atoms with Gasteiger partial charge in [-0.05, 0) is 31.5 Å². The smallest absolute Gasteiger partial charge is 0.142 e. The highest BCUT2D eigenvalue weighted by molar-refractivity contribution is 7.20. The van der Waals surface area contributed by atoms with Gasteiger partial charge in [-0.1, -0.05) is 11.2 Å². The summed E-state index contributed by atoms with van der Waals surface area (Å²) < 4.78 is 1.12. The fraction of sp³-hybridized carbons (Fsp3) is 0.200. The van der Waals surface area contributed by atoms with Gasteiger partial charge >= 0.3 is 0 Å². The molecule has 3 nitrogen and oxygen atoms in total. The Bertz CT molecular complexity index is 502. The molecule has 0 aliphatic heterocycles. The third-order valence-corrected chi connectivity index (χ3v) is 3.15. The van der Waals surface area contributed by atoms with Gasteiger partial charge in [0.05, 0.1) is 10.2 Å². The fourth-order valence-electron chi connectivity index (χ4n) is 1.23. The quantitative estimate of drug-likeness (QED) is 0.443. The molecule has 2 aromatic rings. The molecule has 0 bridgehead atoms. The number of thiazole rings is 1. The zero-order valence-corrected chi connectivity index (χ0v) is 8.80. The molecule has 0 unspecified atom stereocenters. The average molecular weight is 206 g/mol. The van der Waals surface area contributed by atoms with Crippen molar-refractivity contribution in [3.63, 3.8) is 0 Å². The fourth-order valence-corrected chi connectivity index (χ4v) is 2.12. The number of oxime groups is 1. The van der Waals surface area contributed by atoms with Crippen LogP contribution in [0.5, 0.6) is 0 Å². The van der Waals surface area contributed by atoms with Crippen molar-refractivity contribution >= 4 is 27.3 Å². The molecule has 1 aromatic carbocycles. The van der Waals surface area contributed by atoms with Crippen molar-refractivity contribution in [1.82, 2.24) is 4.98 Å². The van der Waals surface area contributed by atoms with E-state index in [1.807, 2.05) is 19.1 Å². The summed E-state index contributed by atoms with van der Waals surface area (Å²) in [7, 11) is 0. The van der Waals surface area contributed by atoms with Crippen molar-refractivity contribution in [2.75, 3.05) is 0 Å². The highest BCUT2D eigenvalue weighted by Crippen LogP contribution is 2.23. The van der Waals surface area contributed by atoms with Gasteiger partial charge in [-0.3, -0.25) is 0 Å². The van der Waals surface area contributed by atoms with E-state index in [1.165, 1.54) is 16.9 Å². The van der Waals surface area contributed by atoms with E-state index in [0.29, 0.717) is 5.71 Å². The molecule has 0 saturated heterocycles. The Morgan fingerprint density at radius 2 is 2.29 bits per heavy atom. The van der Waals surface area contributed by atoms with E-state index >= 15 is 0 Å². The van der Waals surface area contributed by atoms with Crippen LogP contribution < -0.4 is 0 Å². The summed E-state index contributed by atoms with van der Waals surface area (Å²) in [6.45, 7) is 3.77. The Kier molecular flexibility index (Phi) is 2.21.